The molecular formula is C22H30N6O2. The first kappa shape index (κ1) is 20.4. The van der Waals surface area contributed by atoms with Gasteiger partial charge in [0.25, 0.3) is 0 Å². The summed E-state index contributed by atoms with van der Waals surface area (Å²) < 4.78 is 5.23. The molecule has 2 saturated heterocycles. The number of ether oxygens (including phenoxy) is 1. The lowest BCUT2D eigenvalue weighted by Crippen LogP contribution is -2.50. The van der Waals surface area contributed by atoms with E-state index < -0.39 is 0 Å². The smallest absolute Gasteiger partial charge is 0.225 e. The molecule has 160 valence electrons. The molecule has 3 heterocycles. The summed E-state index contributed by atoms with van der Waals surface area (Å²) in [5.41, 5.74) is 1.18. The van der Waals surface area contributed by atoms with E-state index in [1.807, 2.05) is 23.1 Å². The summed E-state index contributed by atoms with van der Waals surface area (Å²) in [4.78, 5) is 30.2. The zero-order valence-electron chi connectivity index (χ0n) is 17.6. The highest BCUT2D eigenvalue weighted by Gasteiger charge is 2.23. The fraction of sp³-hybridized carbons (Fsp3) is 0.500. The lowest BCUT2D eigenvalue weighted by Gasteiger charge is -2.37. The van der Waals surface area contributed by atoms with Gasteiger partial charge in [0.2, 0.25) is 11.9 Å². The first-order chi connectivity index (χ1) is 14.7. The van der Waals surface area contributed by atoms with Gasteiger partial charge in [0.1, 0.15) is 5.75 Å². The van der Waals surface area contributed by atoms with Crippen LogP contribution in [0, 0.1) is 0 Å². The van der Waals surface area contributed by atoms with Crippen molar-refractivity contribution >= 4 is 17.5 Å². The Hall–Kier alpha value is -2.87. The average Bonchev–Trinajstić information content (AvgIpc) is 2.83. The van der Waals surface area contributed by atoms with Crippen LogP contribution in [0.1, 0.15) is 6.42 Å². The van der Waals surface area contributed by atoms with Gasteiger partial charge in [0.15, 0.2) is 0 Å². The van der Waals surface area contributed by atoms with E-state index in [2.05, 4.69) is 36.8 Å². The first-order valence-corrected chi connectivity index (χ1v) is 10.6. The first-order valence-electron chi connectivity index (χ1n) is 10.6. The van der Waals surface area contributed by atoms with Crippen molar-refractivity contribution in [2.75, 3.05) is 75.8 Å². The normalized spacial score (nSPS) is 17.8. The monoisotopic (exact) mass is 410 g/mol. The van der Waals surface area contributed by atoms with Crippen LogP contribution in [0.3, 0.4) is 0 Å². The van der Waals surface area contributed by atoms with Crippen molar-refractivity contribution in [1.29, 1.82) is 0 Å². The molecule has 4 rings (SSSR count). The van der Waals surface area contributed by atoms with Gasteiger partial charge in [-0.2, -0.15) is 0 Å². The van der Waals surface area contributed by atoms with Crippen LogP contribution in [-0.2, 0) is 4.79 Å². The number of hydrogen-bond acceptors (Lipinski definition) is 7. The number of benzene rings is 1. The van der Waals surface area contributed by atoms with Crippen molar-refractivity contribution < 1.29 is 9.53 Å². The predicted molar refractivity (Wildman–Crippen MR) is 117 cm³/mol. The van der Waals surface area contributed by atoms with Crippen molar-refractivity contribution in [2.45, 2.75) is 6.42 Å². The molecule has 0 saturated carbocycles. The third-order valence-corrected chi connectivity index (χ3v) is 5.92. The second-order valence-corrected chi connectivity index (χ2v) is 7.69. The van der Waals surface area contributed by atoms with Crippen molar-refractivity contribution in [1.82, 2.24) is 19.8 Å². The highest BCUT2D eigenvalue weighted by molar-refractivity contribution is 5.76. The summed E-state index contributed by atoms with van der Waals surface area (Å²) >= 11 is 0. The fourth-order valence-electron chi connectivity index (χ4n) is 4.04. The number of anilines is 2. The molecule has 8 heteroatoms. The Morgan fingerprint density at radius 3 is 2.17 bits per heavy atom. The van der Waals surface area contributed by atoms with Crippen LogP contribution in [0.2, 0.25) is 0 Å². The summed E-state index contributed by atoms with van der Waals surface area (Å²) in [6, 6.07) is 9.96. The Balaban J connectivity index is 1.17. The molecule has 2 fully saturated rings. The lowest BCUT2D eigenvalue weighted by atomic mass is 10.2. The number of hydrogen-bond donors (Lipinski definition) is 0. The minimum Gasteiger partial charge on any atom is -0.497 e. The zero-order valence-corrected chi connectivity index (χ0v) is 17.6. The van der Waals surface area contributed by atoms with Gasteiger partial charge in [0, 0.05) is 83.4 Å². The Kier molecular flexibility index (Phi) is 6.63. The van der Waals surface area contributed by atoms with Gasteiger partial charge >= 0.3 is 0 Å². The van der Waals surface area contributed by atoms with E-state index in [9.17, 15) is 4.79 Å². The molecule has 0 atom stereocenters. The largest absolute Gasteiger partial charge is 0.497 e. The number of nitrogens with zero attached hydrogens (tertiary/aromatic N) is 6. The van der Waals surface area contributed by atoms with Crippen LogP contribution in [-0.4, -0.2) is 91.7 Å². The summed E-state index contributed by atoms with van der Waals surface area (Å²) in [7, 11) is 1.68. The molecule has 2 aliphatic heterocycles. The number of piperazine rings is 2. The van der Waals surface area contributed by atoms with Gasteiger partial charge < -0.3 is 19.4 Å². The molecule has 2 aromatic rings. The second-order valence-electron chi connectivity index (χ2n) is 7.69. The van der Waals surface area contributed by atoms with Crippen LogP contribution in [0.4, 0.5) is 11.6 Å². The summed E-state index contributed by atoms with van der Waals surface area (Å²) in [5, 5.41) is 0. The molecule has 0 radical (unpaired) electrons. The topological polar surface area (TPSA) is 65.0 Å². The summed E-state index contributed by atoms with van der Waals surface area (Å²) in [5.74, 6) is 1.92. The van der Waals surface area contributed by atoms with Crippen LogP contribution in [0.5, 0.6) is 5.75 Å². The van der Waals surface area contributed by atoms with Gasteiger partial charge in [-0.1, -0.05) is 0 Å². The molecule has 0 bridgehead atoms. The Morgan fingerprint density at radius 1 is 0.900 bits per heavy atom. The number of rotatable bonds is 6. The molecule has 0 spiro atoms. The SMILES string of the molecule is COc1ccc(N2CCN(C(=O)CCN3CCN(c4ncccn4)CC3)CC2)cc1. The van der Waals surface area contributed by atoms with Gasteiger partial charge in [0.05, 0.1) is 7.11 Å². The van der Waals surface area contributed by atoms with Crippen molar-refractivity contribution in [3.05, 3.63) is 42.7 Å². The quantitative estimate of drug-likeness (QED) is 0.712. The Bertz CT molecular complexity index is 800. The number of carbonyl (C=O) groups excluding carboxylic acids is 1. The maximum atomic E-state index is 12.7. The predicted octanol–water partition coefficient (Wildman–Crippen LogP) is 1.35. The van der Waals surface area contributed by atoms with Gasteiger partial charge in [-0.05, 0) is 30.3 Å². The van der Waals surface area contributed by atoms with Crippen molar-refractivity contribution in [3.63, 3.8) is 0 Å². The van der Waals surface area contributed by atoms with E-state index in [-0.39, 0.29) is 5.91 Å². The van der Waals surface area contributed by atoms with Gasteiger partial charge in [-0.15, -0.1) is 0 Å². The Morgan fingerprint density at radius 2 is 1.53 bits per heavy atom. The number of aromatic nitrogens is 2. The molecule has 0 N–H and O–H groups in total. The molecule has 1 aromatic heterocycles. The fourth-order valence-corrected chi connectivity index (χ4v) is 4.04. The summed E-state index contributed by atoms with van der Waals surface area (Å²) in [6.07, 6.45) is 4.15. The van der Waals surface area contributed by atoms with E-state index in [1.165, 1.54) is 5.69 Å². The minimum absolute atomic E-state index is 0.262. The van der Waals surface area contributed by atoms with Crippen LogP contribution < -0.4 is 14.5 Å². The number of amides is 1. The molecule has 1 amide bonds. The highest BCUT2D eigenvalue weighted by Crippen LogP contribution is 2.20. The van der Waals surface area contributed by atoms with Crippen molar-refractivity contribution in [2.24, 2.45) is 0 Å². The van der Waals surface area contributed by atoms with Gasteiger partial charge in [-0.25, -0.2) is 9.97 Å². The molecule has 30 heavy (non-hydrogen) atoms. The molecule has 2 aliphatic rings. The Labute approximate surface area is 178 Å². The second kappa shape index (κ2) is 9.75. The summed E-state index contributed by atoms with van der Waals surface area (Å²) in [6.45, 7) is 7.81. The van der Waals surface area contributed by atoms with E-state index in [1.54, 1.807) is 19.5 Å². The molecule has 8 nitrogen and oxygen atoms in total. The van der Waals surface area contributed by atoms with Crippen LogP contribution in [0.25, 0.3) is 0 Å². The third-order valence-electron chi connectivity index (χ3n) is 5.92. The van der Waals surface area contributed by atoms with Crippen LogP contribution >= 0.6 is 0 Å². The molecule has 0 unspecified atom stereocenters. The van der Waals surface area contributed by atoms with E-state index in [0.717, 1.165) is 70.6 Å². The van der Waals surface area contributed by atoms with Crippen molar-refractivity contribution in [3.8, 4) is 5.75 Å². The average molecular weight is 411 g/mol. The standard InChI is InChI=1S/C22H30N6O2/c1-30-20-5-3-19(4-6-20)26-15-17-27(18-16-26)21(29)7-10-25-11-13-28(14-12-25)22-23-8-2-9-24-22/h2-6,8-9H,7,10-18H2,1H3. The number of methoxy groups -OCH3 is 1. The molecule has 0 aliphatic carbocycles. The highest BCUT2D eigenvalue weighted by atomic mass is 16.5. The minimum atomic E-state index is 0.262. The maximum absolute atomic E-state index is 12.7. The molecule has 1 aromatic carbocycles. The third kappa shape index (κ3) is 4.99. The van der Waals surface area contributed by atoms with Crippen LogP contribution in [0.15, 0.2) is 42.7 Å². The van der Waals surface area contributed by atoms with E-state index in [0.29, 0.717) is 6.42 Å². The maximum Gasteiger partial charge on any atom is 0.225 e. The lowest BCUT2D eigenvalue weighted by molar-refractivity contribution is -0.131. The number of carbonyl (C=O) groups is 1. The van der Waals surface area contributed by atoms with E-state index >= 15 is 0 Å². The van der Waals surface area contributed by atoms with Gasteiger partial charge in [-0.3, -0.25) is 9.69 Å². The molecular weight excluding hydrogens is 380 g/mol. The van der Waals surface area contributed by atoms with E-state index in [4.69, 9.17) is 4.74 Å². The zero-order chi connectivity index (χ0) is 20.8.